The quantitative estimate of drug-likeness (QED) is 0.907. The maximum absolute atomic E-state index is 13.3. The van der Waals surface area contributed by atoms with Gasteiger partial charge in [0.2, 0.25) is 0 Å². The molecule has 20 heavy (non-hydrogen) atoms. The van der Waals surface area contributed by atoms with E-state index in [-0.39, 0.29) is 28.5 Å². The van der Waals surface area contributed by atoms with Gasteiger partial charge in [-0.05, 0) is 43.0 Å². The van der Waals surface area contributed by atoms with E-state index in [1.54, 1.807) is 12.1 Å². The molecule has 1 aromatic carbocycles. The Bertz CT molecular complexity index is 577. The third-order valence-corrected chi connectivity index (χ3v) is 5.74. The molecule has 3 nitrogen and oxygen atoms in total. The van der Waals surface area contributed by atoms with Crippen molar-refractivity contribution < 1.29 is 12.8 Å². The van der Waals surface area contributed by atoms with Gasteiger partial charge in [0, 0.05) is 6.04 Å². The van der Waals surface area contributed by atoms with E-state index in [4.69, 9.17) is 11.6 Å². The minimum absolute atomic E-state index is 0.0214. The Morgan fingerprint density at radius 3 is 2.80 bits per heavy atom. The maximum atomic E-state index is 13.3. The Balaban J connectivity index is 2.25. The molecule has 2 rings (SSSR count). The highest BCUT2D eigenvalue weighted by molar-refractivity contribution is 7.91. The summed E-state index contributed by atoms with van der Waals surface area (Å²) in [6, 6.07) is 4.52. The van der Waals surface area contributed by atoms with Crippen molar-refractivity contribution in [1.82, 2.24) is 5.32 Å². The maximum Gasteiger partial charge on any atom is 0.150 e. The predicted octanol–water partition coefficient (Wildman–Crippen LogP) is 2.95. The Morgan fingerprint density at radius 1 is 1.50 bits per heavy atom. The lowest BCUT2D eigenvalue weighted by Crippen LogP contribution is -2.29. The zero-order valence-corrected chi connectivity index (χ0v) is 13.0. The van der Waals surface area contributed by atoms with Gasteiger partial charge in [0.15, 0.2) is 9.84 Å². The summed E-state index contributed by atoms with van der Waals surface area (Å²) in [6.45, 7) is 2.84. The van der Waals surface area contributed by atoms with E-state index in [1.165, 1.54) is 6.07 Å². The van der Waals surface area contributed by atoms with E-state index in [0.29, 0.717) is 6.42 Å². The monoisotopic (exact) mass is 319 g/mol. The van der Waals surface area contributed by atoms with Crippen molar-refractivity contribution in [3.63, 3.8) is 0 Å². The topological polar surface area (TPSA) is 46.2 Å². The predicted molar refractivity (Wildman–Crippen MR) is 79.2 cm³/mol. The number of halogens is 2. The van der Waals surface area contributed by atoms with E-state index >= 15 is 0 Å². The summed E-state index contributed by atoms with van der Waals surface area (Å²) < 4.78 is 36.6. The fourth-order valence-corrected chi connectivity index (χ4v) is 4.68. The molecule has 0 aliphatic carbocycles. The van der Waals surface area contributed by atoms with E-state index < -0.39 is 15.7 Å². The molecule has 0 bridgehead atoms. The highest BCUT2D eigenvalue weighted by atomic mass is 35.5. The molecule has 1 aromatic rings. The van der Waals surface area contributed by atoms with Crippen LogP contribution < -0.4 is 5.32 Å². The highest BCUT2D eigenvalue weighted by Crippen LogP contribution is 2.33. The van der Waals surface area contributed by atoms with Crippen LogP contribution in [0.4, 0.5) is 4.39 Å². The Labute approximate surface area is 124 Å². The van der Waals surface area contributed by atoms with Gasteiger partial charge in [0.05, 0.1) is 16.5 Å². The van der Waals surface area contributed by atoms with Crippen molar-refractivity contribution in [3.8, 4) is 0 Å². The third kappa shape index (κ3) is 3.71. The molecule has 0 spiro atoms. The molecule has 0 saturated carbocycles. The van der Waals surface area contributed by atoms with Crippen LogP contribution in [0.1, 0.15) is 31.4 Å². The van der Waals surface area contributed by atoms with Crippen LogP contribution in [0, 0.1) is 11.7 Å². The van der Waals surface area contributed by atoms with Crippen LogP contribution in [0.3, 0.4) is 0 Å². The van der Waals surface area contributed by atoms with Crippen LogP contribution in [-0.2, 0) is 9.84 Å². The first-order chi connectivity index (χ1) is 9.43. The highest BCUT2D eigenvalue weighted by Gasteiger charge is 2.34. The van der Waals surface area contributed by atoms with Gasteiger partial charge in [0.25, 0.3) is 0 Å². The number of benzene rings is 1. The minimum Gasteiger partial charge on any atom is -0.310 e. The summed E-state index contributed by atoms with van der Waals surface area (Å²) in [5.74, 6) is -0.0166. The largest absolute Gasteiger partial charge is 0.310 e. The molecule has 2 atom stereocenters. The zero-order valence-electron chi connectivity index (χ0n) is 11.4. The summed E-state index contributed by atoms with van der Waals surface area (Å²) in [7, 11) is -2.94. The van der Waals surface area contributed by atoms with Crippen molar-refractivity contribution in [1.29, 1.82) is 0 Å². The van der Waals surface area contributed by atoms with Gasteiger partial charge in [-0.25, -0.2) is 12.8 Å². The minimum atomic E-state index is -2.94. The number of hydrogen-bond acceptors (Lipinski definition) is 3. The van der Waals surface area contributed by atoms with Crippen molar-refractivity contribution >= 4 is 21.4 Å². The molecule has 1 aliphatic heterocycles. The van der Waals surface area contributed by atoms with Crippen LogP contribution in [0.15, 0.2) is 18.2 Å². The van der Waals surface area contributed by atoms with Crippen LogP contribution in [0.2, 0.25) is 5.02 Å². The van der Waals surface area contributed by atoms with Crippen LogP contribution >= 0.6 is 11.6 Å². The van der Waals surface area contributed by atoms with Crippen molar-refractivity contribution in [2.24, 2.45) is 5.92 Å². The molecule has 6 heteroatoms. The first kappa shape index (κ1) is 15.7. The molecule has 0 amide bonds. The van der Waals surface area contributed by atoms with Crippen molar-refractivity contribution in [3.05, 3.63) is 34.6 Å². The van der Waals surface area contributed by atoms with Gasteiger partial charge < -0.3 is 5.32 Å². The lowest BCUT2D eigenvalue weighted by atomic mass is 9.92. The first-order valence-corrected chi connectivity index (χ1v) is 9.01. The fraction of sp³-hybridized carbons (Fsp3) is 0.571. The summed E-state index contributed by atoms with van der Waals surface area (Å²) >= 11 is 5.83. The molecule has 1 fully saturated rings. The van der Waals surface area contributed by atoms with Crippen molar-refractivity contribution in [2.75, 3.05) is 18.1 Å². The number of hydrogen-bond donors (Lipinski definition) is 1. The summed E-state index contributed by atoms with van der Waals surface area (Å²) in [6.07, 6.45) is 1.59. The lowest BCUT2D eigenvalue weighted by Gasteiger charge is -2.24. The number of sulfone groups is 1. The fourth-order valence-electron chi connectivity index (χ4n) is 2.65. The molecule has 0 radical (unpaired) electrons. The standard InChI is InChI=1S/C14H19ClFNO2S/c1-2-6-17-14(11-5-7-20(18,19)9-11)10-3-4-13(16)12(15)8-10/h3-4,8,11,14,17H,2,5-7,9H2,1H3. The van der Waals surface area contributed by atoms with E-state index in [9.17, 15) is 12.8 Å². The summed E-state index contributed by atoms with van der Waals surface area (Å²) in [5.41, 5.74) is 0.854. The molecular weight excluding hydrogens is 301 g/mol. The van der Waals surface area contributed by atoms with E-state index in [0.717, 1.165) is 18.5 Å². The van der Waals surface area contributed by atoms with Gasteiger partial charge in [-0.1, -0.05) is 24.6 Å². The lowest BCUT2D eigenvalue weighted by molar-refractivity contribution is 0.392. The normalized spacial score (nSPS) is 22.9. The average Bonchev–Trinajstić information content (AvgIpc) is 2.74. The van der Waals surface area contributed by atoms with Gasteiger partial charge in [-0.3, -0.25) is 0 Å². The SMILES string of the molecule is CCCNC(c1ccc(F)c(Cl)c1)C1CCS(=O)(=O)C1. The van der Waals surface area contributed by atoms with Gasteiger partial charge in [0.1, 0.15) is 5.82 Å². The van der Waals surface area contributed by atoms with Gasteiger partial charge >= 0.3 is 0 Å². The molecule has 112 valence electrons. The zero-order chi connectivity index (χ0) is 14.8. The summed E-state index contributed by atoms with van der Waals surface area (Å²) in [5, 5.41) is 3.44. The number of rotatable bonds is 5. The second-order valence-corrected chi connectivity index (χ2v) is 7.90. The molecule has 1 aliphatic rings. The Kier molecular flexibility index (Phi) is 5.04. The molecule has 1 heterocycles. The van der Waals surface area contributed by atoms with E-state index in [1.807, 2.05) is 6.92 Å². The smallest absolute Gasteiger partial charge is 0.150 e. The number of nitrogens with one attached hydrogen (secondary N) is 1. The van der Waals surface area contributed by atoms with Crippen molar-refractivity contribution in [2.45, 2.75) is 25.8 Å². The van der Waals surface area contributed by atoms with E-state index in [2.05, 4.69) is 5.32 Å². The van der Waals surface area contributed by atoms with Crippen LogP contribution in [0.5, 0.6) is 0 Å². The molecule has 2 unspecified atom stereocenters. The average molecular weight is 320 g/mol. The molecular formula is C14H19ClFNO2S. The Morgan fingerprint density at radius 2 is 2.25 bits per heavy atom. The van der Waals surface area contributed by atoms with Gasteiger partial charge in [-0.15, -0.1) is 0 Å². The van der Waals surface area contributed by atoms with Crippen LogP contribution in [-0.4, -0.2) is 26.5 Å². The van der Waals surface area contributed by atoms with Gasteiger partial charge in [-0.2, -0.15) is 0 Å². The summed E-state index contributed by atoms with van der Waals surface area (Å²) in [4.78, 5) is 0. The second-order valence-electron chi connectivity index (χ2n) is 5.27. The Hall–Kier alpha value is -0.650. The van der Waals surface area contributed by atoms with Crippen LogP contribution in [0.25, 0.3) is 0 Å². The third-order valence-electron chi connectivity index (χ3n) is 3.66. The molecule has 0 aromatic heterocycles. The molecule has 1 N–H and O–H groups in total. The first-order valence-electron chi connectivity index (χ1n) is 6.81. The molecule has 1 saturated heterocycles. The second kappa shape index (κ2) is 6.41.